The van der Waals surface area contributed by atoms with Crippen molar-refractivity contribution >= 4 is 46.5 Å². The summed E-state index contributed by atoms with van der Waals surface area (Å²) in [5, 5.41) is 3.27. The molecule has 0 bridgehead atoms. The minimum atomic E-state index is -0.873. The van der Waals surface area contributed by atoms with Gasteiger partial charge < -0.3 is 15.0 Å². The second kappa shape index (κ2) is 11.4. The summed E-state index contributed by atoms with van der Waals surface area (Å²) >= 11 is 13.4. The molecule has 1 heterocycles. The quantitative estimate of drug-likeness (QED) is 0.375. The molecule has 184 valence electrons. The van der Waals surface area contributed by atoms with Crippen LogP contribution >= 0.6 is 34.7 Å². The second-order valence-electron chi connectivity index (χ2n) is 8.70. The number of benzene rings is 2. The van der Waals surface area contributed by atoms with E-state index in [0.29, 0.717) is 11.3 Å². The van der Waals surface area contributed by atoms with Gasteiger partial charge in [-0.2, -0.15) is 4.37 Å². The van der Waals surface area contributed by atoms with Crippen LogP contribution in [0.5, 0.6) is 5.75 Å². The largest absolute Gasteiger partial charge is 0.497 e. The Kier molecular flexibility index (Phi) is 8.31. The van der Waals surface area contributed by atoms with Gasteiger partial charge in [0, 0.05) is 12.6 Å². The molecule has 0 aliphatic heterocycles. The Morgan fingerprint density at radius 2 is 1.77 bits per heavy atom. The van der Waals surface area contributed by atoms with E-state index in [2.05, 4.69) is 9.69 Å². The fraction of sp³-hybridized carbons (Fsp3) is 0.346. The van der Waals surface area contributed by atoms with Gasteiger partial charge in [-0.15, -0.1) is 0 Å². The molecule has 1 aliphatic rings. The molecular weight excluding hydrogens is 505 g/mol. The van der Waals surface area contributed by atoms with Gasteiger partial charge in [-0.05, 0) is 54.6 Å². The normalized spacial score (nSPS) is 14.5. The zero-order chi connectivity index (χ0) is 24.9. The Morgan fingerprint density at radius 1 is 1.11 bits per heavy atom. The molecule has 35 heavy (non-hydrogen) atoms. The first kappa shape index (κ1) is 25.5. The topological polar surface area (TPSA) is 71.5 Å². The molecule has 2 amide bonds. The van der Waals surface area contributed by atoms with Crippen molar-refractivity contribution in [2.75, 3.05) is 7.11 Å². The van der Waals surface area contributed by atoms with Crippen LogP contribution in [0.3, 0.4) is 0 Å². The Morgan fingerprint density at radius 3 is 2.34 bits per heavy atom. The SMILES string of the molecule is COc1ccc(CN(C(=O)c2nsc(Cl)c2Cl)[C@@H](C(=O)NC2CCCC2)c2ccc(C)cc2)cc1. The van der Waals surface area contributed by atoms with Crippen molar-refractivity contribution in [2.24, 2.45) is 0 Å². The van der Waals surface area contributed by atoms with Crippen LogP contribution in [-0.2, 0) is 11.3 Å². The third-order valence-electron chi connectivity index (χ3n) is 6.23. The van der Waals surface area contributed by atoms with Gasteiger partial charge in [0.25, 0.3) is 5.91 Å². The summed E-state index contributed by atoms with van der Waals surface area (Å²) in [6.45, 7) is 2.15. The average molecular weight is 532 g/mol. The zero-order valence-electron chi connectivity index (χ0n) is 19.6. The van der Waals surface area contributed by atoms with Crippen LogP contribution in [0.1, 0.15) is 58.9 Å². The summed E-state index contributed by atoms with van der Waals surface area (Å²) in [5.41, 5.74) is 2.65. The molecular formula is C26H27Cl2N3O3S. The number of hydrogen-bond donors (Lipinski definition) is 1. The van der Waals surface area contributed by atoms with Crippen LogP contribution in [0, 0.1) is 6.92 Å². The van der Waals surface area contributed by atoms with Crippen molar-refractivity contribution < 1.29 is 14.3 Å². The van der Waals surface area contributed by atoms with E-state index in [-0.39, 0.29) is 33.5 Å². The molecule has 6 nitrogen and oxygen atoms in total. The third kappa shape index (κ3) is 5.97. The van der Waals surface area contributed by atoms with Crippen molar-refractivity contribution in [3.63, 3.8) is 0 Å². The molecule has 2 aromatic carbocycles. The number of rotatable bonds is 8. The first-order valence-corrected chi connectivity index (χ1v) is 13.0. The predicted molar refractivity (Wildman–Crippen MR) is 139 cm³/mol. The van der Waals surface area contributed by atoms with Crippen LogP contribution in [0.15, 0.2) is 48.5 Å². The number of hydrogen-bond acceptors (Lipinski definition) is 5. The molecule has 1 aliphatic carbocycles. The van der Waals surface area contributed by atoms with Crippen LogP contribution in [0.2, 0.25) is 9.36 Å². The standard InChI is InChI=1S/C26H27Cl2N3O3S/c1-16-7-11-18(12-8-16)23(25(32)29-19-5-3-4-6-19)31(15-17-9-13-20(34-2)14-10-17)26(33)22-21(27)24(28)35-30-22/h7-14,19,23H,3-6,15H2,1-2H3,(H,29,32)/t23-/m1/s1. The minimum absolute atomic E-state index is 0.0426. The highest BCUT2D eigenvalue weighted by Crippen LogP contribution is 2.34. The van der Waals surface area contributed by atoms with Crippen molar-refractivity contribution in [3.05, 3.63) is 80.3 Å². The maximum Gasteiger partial charge on any atom is 0.276 e. The number of ether oxygens (including phenoxy) is 1. The van der Waals surface area contributed by atoms with E-state index in [1.54, 1.807) is 7.11 Å². The number of amides is 2. The molecule has 1 saturated carbocycles. The molecule has 0 spiro atoms. The third-order valence-corrected chi connectivity index (χ3v) is 7.84. The number of aromatic nitrogens is 1. The molecule has 1 aromatic heterocycles. The van der Waals surface area contributed by atoms with Gasteiger partial charge in [0.15, 0.2) is 5.69 Å². The molecule has 3 aromatic rings. The maximum atomic E-state index is 13.9. The maximum absolute atomic E-state index is 13.9. The Bertz CT molecular complexity index is 1180. The van der Waals surface area contributed by atoms with Crippen LogP contribution in [0.4, 0.5) is 0 Å². The van der Waals surface area contributed by atoms with E-state index < -0.39 is 11.9 Å². The molecule has 9 heteroatoms. The number of carbonyl (C=O) groups is 2. The smallest absolute Gasteiger partial charge is 0.276 e. The van der Waals surface area contributed by atoms with E-state index in [9.17, 15) is 9.59 Å². The van der Waals surface area contributed by atoms with Crippen LogP contribution in [0.25, 0.3) is 0 Å². The van der Waals surface area contributed by atoms with Crippen LogP contribution < -0.4 is 10.1 Å². The first-order valence-electron chi connectivity index (χ1n) is 11.5. The highest BCUT2D eigenvalue weighted by atomic mass is 35.5. The lowest BCUT2D eigenvalue weighted by atomic mass is 10.0. The summed E-state index contributed by atoms with van der Waals surface area (Å²) in [6.07, 6.45) is 4.04. The molecule has 1 atom stereocenters. The monoisotopic (exact) mass is 531 g/mol. The Labute approximate surface area is 219 Å². The van der Waals surface area contributed by atoms with Gasteiger partial charge >= 0.3 is 0 Å². The van der Waals surface area contributed by atoms with Gasteiger partial charge in [0.05, 0.1) is 7.11 Å². The average Bonchev–Trinajstić information content (AvgIpc) is 3.49. The van der Waals surface area contributed by atoms with Crippen molar-refractivity contribution in [1.82, 2.24) is 14.6 Å². The lowest BCUT2D eigenvalue weighted by molar-refractivity contribution is -0.126. The van der Waals surface area contributed by atoms with E-state index >= 15 is 0 Å². The van der Waals surface area contributed by atoms with Crippen LogP contribution in [-0.4, -0.2) is 34.2 Å². The molecule has 0 saturated heterocycles. The predicted octanol–water partition coefficient (Wildman–Crippen LogP) is 6.21. The van der Waals surface area contributed by atoms with Gasteiger partial charge in [-0.3, -0.25) is 9.59 Å². The molecule has 1 N–H and O–H groups in total. The lowest BCUT2D eigenvalue weighted by Gasteiger charge is -2.32. The summed E-state index contributed by atoms with van der Waals surface area (Å²) in [7, 11) is 1.60. The summed E-state index contributed by atoms with van der Waals surface area (Å²) in [6, 6.07) is 14.3. The number of halogens is 2. The van der Waals surface area contributed by atoms with E-state index in [0.717, 1.165) is 48.3 Å². The summed E-state index contributed by atoms with van der Waals surface area (Å²) in [5.74, 6) is 0.0243. The second-order valence-corrected chi connectivity index (χ2v) is 10.5. The van der Waals surface area contributed by atoms with Gasteiger partial charge in [0.2, 0.25) is 5.91 Å². The van der Waals surface area contributed by atoms with E-state index in [4.69, 9.17) is 27.9 Å². The first-order chi connectivity index (χ1) is 16.9. The van der Waals surface area contributed by atoms with Gasteiger partial charge in [0.1, 0.15) is 21.2 Å². The molecule has 0 unspecified atom stereocenters. The number of carbonyl (C=O) groups excluding carboxylic acids is 2. The highest BCUT2D eigenvalue weighted by Gasteiger charge is 2.35. The Hall–Kier alpha value is -2.61. The van der Waals surface area contributed by atoms with E-state index in [1.165, 1.54) is 4.90 Å². The highest BCUT2D eigenvalue weighted by molar-refractivity contribution is 7.11. The minimum Gasteiger partial charge on any atom is -0.497 e. The number of nitrogens with one attached hydrogen (secondary N) is 1. The van der Waals surface area contributed by atoms with Crippen molar-refractivity contribution in [1.29, 1.82) is 0 Å². The molecule has 0 radical (unpaired) electrons. The van der Waals surface area contributed by atoms with Crippen molar-refractivity contribution in [2.45, 2.75) is 51.2 Å². The summed E-state index contributed by atoms with van der Waals surface area (Å²) in [4.78, 5) is 29.1. The number of methoxy groups -OCH3 is 1. The molecule has 1 fully saturated rings. The van der Waals surface area contributed by atoms with Crippen molar-refractivity contribution in [3.8, 4) is 5.75 Å². The number of nitrogens with zero attached hydrogens (tertiary/aromatic N) is 2. The fourth-order valence-corrected chi connectivity index (χ4v) is 5.30. The lowest BCUT2D eigenvalue weighted by Crippen LogP contribution is -2.46. The zero-order valence-corrected chi connectivity index (χ0v) is 21.9. The van der Waals surface area contributed by atoms with E-state index in [1.807, 2.05) is 55.5 Å². The summed E-state index contributed by atoms with van der Waals surface area (Å²) < 4.78 is 9.70. The Balaban J connectivity index is 1.76. The van der Waals surface area contributed by atoms with Gasteiger partial charge in [-0.1, -0.05) is 78.0 Å². The fourth-order valence-electron chi connectivity index (χ4n) is 4.31. The molecule has 4 rings (SSSR count). The number of aryl methyl sites for hydroxylation is 1. The van der Waals surface area contributed by atoms with Gasteiger partial charge in [-0.25, -0.2) is 0 Å².